The van der Waals surface area contributed by atoms with Crippen molar-refractivity contribution >= 4 is 5.97 Å². The molecule has 1 atom stereocenters. The van der Waals surface area contributed by atoms with Crippen LogP contribution < -0.4 is 0 Å². The van der Waals surface area contributed by atoms with Gasteiger partial charge < -0.3 is 5.11 Å². The molecule has 0 aliphatic carbocycles. The molecule has 0 aliphatic rings. The first-order valence-corrected chi connectivity index (χ1v) is 5.41. The molecule has 19 heavy (non-hydrogen) atoms. The first-order valence-electron chi connectivity index (χ1n) is 5.41. The number of likely N-dealkylation sites (N-methyl/N-ethyl adjacent to an activating group) is 1. The third-order valence-electron chi connectivity index (χ3n) is 2.82. The van der Waals surface area contributed by atoms with Gasteiger partial charge in [0.05, 0.1) is 5.56 Å². The van der Waals surface area contributed by atoms with Crippen LogP contribution in [0, 0.1) is 5.82 Å². The maximum Gasteiger partial charge on any atom is 0.416 e. The van der Waals surface area contributed by atoms with Crippen LogP contribution in [-0.2, 0) is 17.5 Å². The van der Waals surface area contributed by atoms with Crippen LogP contribution in [0.1, 0.15) is 18.1 Å². The van der Waals surface area contributed by atoms with Crippen LogP contribution >= 0.6 is 0 Å². The summed E-state index contributed by atoms with van der Waals surface area (Å²) in [5.74, 6) is -2.12. The predicted octanol–water partition coefficient (Wildman–Crippen LogP) is 2.75. The average Bonchev–Trinajstić information content (AvgIpc) is 2.28. The molecule has 1 N–H and O–H groups in total. The third-order valence-corrected chi connectivity index (χ3v) is 2.82. The van der Waals surface area contributed by atoms with Crippen molar-refractivity contribution in [3.8, 4) is 0 Å². The molecular formula is C12H13F4NO2. The van der Waals surface area contributed by atoms with Crippen molar-refractivity contribution < 1.29 is 27.5 Å². The number of alkyl halides is 3. The fourth-order valence-electron chi connectivity index (χ4n) is 1.54. The minimum absolute atomic E-state index is 0.162. The lowest BCUT2D eigenvalue weighted by Gasteiger charge is -2.23. The highest BCUT2D eigenvalue weighted by atomic mass is 19.4. The number of carboxylic acid groups (broad SMARTS) is 1. The minimum atomic E-state index is -4.68. The van der Waals surface area contributed by atoms with E-state index in [1.54, 1.807) is 0 Å². The molecule has 1 unspecified atom stereocenters. The van der Waals surface area contributed by atoms with Crippen LogP contribution in [0.5, 0.6) is 0 Å². The number of rotatable bonds is 4. The predicted molar refractivity (Wildman–Crippen MR) is 60.0 cm³/mol. The maximum atomic E-state index is 12.9. The van der Waals surface area contributed by atoms with Crippen molar-refractivity contribution in [2.75, 3.05) is 7.05 Å². The molecule has 0 radical (unpaired) electrons. The van der Waals surface area contributed by atoms with Gasteiger partial charge in [-0.25, -0.2) is 4.39 Å². The first kappa shape index (κ1) is 15.4. The van der Waals surface area contributed by atoms with Gasteiger partial charge in [-0.1, -0.05) is 6.07 Å². The van der Waals surface area contributed by atoms with E-state index in [1.807, 2.05) is 0 Å². The second kappa shape index (κ2) is 5.56. The minimum Gasteiger partial charge on any atom is -0.480 e. The Hall–Kier alpha value is -1.63. The fraction of sp³-hybridized carbons (Fsp3) is 0.417. The van der Waals surface area contributed by atoms with E-state index in [1.165, 1.54) is 18.9 Å². The zero-order valence-corrected chi connectivity index (χ0v) is 10.3. The van der Waals surface area contributed by atoms with E-state index in [2.05, 4.69) is 0 Å². The van der Waals surface area contributed by atoms with Gasteiger partial charge in [0.15, 0.2) is 0 Å². The van der Waals surface area contributed by atoms with Crippen LogP contribution in [0.4, 0.5) is 17.6 Å². The molecule has 1 rings (SSSR count). The van der Waals surface area contributed by atoms with E-state index in [0.29, 0.717) is 6.07 Å². The largest absolute Gasteiger partial charge is 0.480 e. The Kier molecular flexibility index (Phi) is 4.52. The Morgan fingerprint density at radius 1 is 1.42 bits per heavy atom. The smallest absolute Gasteiger partial charge is 0.416 e. The molecule has 0 aromatic heterocycles. The van der Waals surface area contributed by atoms with Crippen molar-refractivity contribution in [1.82, 2.24) is 4.90 Å². The molecule has 0 bridgehead atoms. The molecule has 0 amide bonds. The van der Waals surface area contributed by atoms with Gasteiger partial charge >= 0.3 is 12.1 Å². The number of aliphatic carboxylic acids is 1. The van der Waals surface area contributed by atoms with E-state index in [-0.39, 0.29) is 12.1 Å². The van der Waals surface area contributed by atoms with Crippen molar-refractivity contribution in [1.29, 1.82) is 0 Å². The van der Waals surface area contributed by atoms with Crippen LogP contribution in [-0.4, -0.2) is 29.1 Å². The average molecular weight is 279 g/mol. The number of benzene rings is 1. The highest BCUT2D eigenvalue weighted by Gasteiger charge is 2.34. The summed E-state index contributed by atoms with van der Waals surface area (Å²) in [7, 11) is 1.39. The molecule has 0 fully saturated rings. The molecule has 0 saturated heterocycles. The summed E-state index contributed by atoms with van der Waals surface area (Å²) >= 11 is 0. The summed E-state index contributed by atoms with van der Waals surface area (Å²) in [5, 5.41) is 8.78. The van der Waals surface area contributed by atoms with Crippen LogP contribution in [0.3, 0.4) is 0 Å². The Labute approximate surface area is 107 Å². The molecule has 0 aliphatic heterocycles. The standard InChI is InChI=1S/C12H13F4NO2/c1-7(11(18)19)17(2)6-8-3-4-9(13)5-10(8)12(14,15)16/h3-5,7H,6H2,1-2H3,(H,18,19). The molecule has 7 heteroatoms. The van der Waals surface area contributed by atoms with Gasteiger partial charge in [0, 0.05) is 6.54 Å². The van der Waals surface area contributed by atoms with Crippen molar-refractivity contribution in [3.05, 3.63) is 35.1 Å². The fourth-order valence-corrected chi connectivity index (χ4v) is 1.54. The number of nitrogens with zero attached hydrogens (tertiary/aromatic N) is 1. The lowest BCUT2D eigenvalue weighted by Crippen LogP contribution is -2.35. The maximum absolute atomic E-state index is 12.9. The lowest BCUT2D eigenvalue weighted by atomic mass is 10.1. The summed E-state index contributed by atoms with van der Waals surface area (Å²) in [4.78, 5) is 12.0. The molecule has 106 valence electrons. The van der Waals surface area contributed by atoms with Gasteiger partial charge in [-0.05, 0) is 31.7 Å². The summed E-state index contributed by atoms with van der Waals surface area (Å²) in [6, 6.07) is 1.41. The molecule has 1 aromatic rings. The third kappa shape index (κ3) is 3.92. The van der Waals surface area contributed by atoms with Gasteiger partial charge in [-0.3, -0.25) is 9.69 Å². The zero-order valence-electron chi connectivity index (χ0n) is 10.3. The number of carbonyl (C=O) groups is 1. The molecule has 1 aromatic carbocycles. The summed E-state index contributed by atoms with van der Waals surface area (Å²) in [5.41, 5.74) is -1.25. The molecule has 0 saturated carbocycles. The molecule has 0 spiro atoms. The Morgan fingerprint density at radius 3 is 2.47 bits per heavy atom. The summed E-state index contributed by atoms with van der Waals surface area (Å²) in [6.45, 7) is 1.13. The highest BCUT2D eigenvalue weighted by molar-refractivity contribution is 5.72. The molecule has 0 heterocycles. The Bertz CT molecular complexity index is 473. The van der Waals surface area contributed by atoms with Gasteiger partial charge in [0.25, 0.3) is 0 Å². The lowest BCUT2D eigenvalue weighted by molar-refractivity contribution is -0.142. The zero-order chi connectivity index (χ0) is 14.8. The number of carboxylic acids is 1. The van der Waals surface area contributed by atoms with E-state index in [4.69, 9.17) is 5.11 Å². The van der Waals surface area contributed by atoms with E-state index in [9.17, 15) is 22.4 Å². The Morgan fingerprint density at radius 2 is 2.00 bits per heavy atom. The number of hydrogen-bond acceptors (Lipinski definition) is 2. The van der Waals surface area contributed by atoms with Gasteiger partial charge in [0.1, 0.15) is 11.9 Å². The van der Waals surface area contributed by atoms with E-state index >= 15 is 0 Å². The number of halogens is 4. The quantitative estimate of drug-likeness (QED) is 0.861. The van der Waals surface area contributed by atoms with E-state index in [0.717, 1.165) is 12.1 Å². The number of hydrogen-bond donors (Lipinski definition) is 1. The molecular weight excluding hydrogens is 266 g/mol. The van der Waals surface area contributed by atoms with Gasteiger partial charge in [-0.2, -0.15) is 13.2 Å². The van der Waals surface area contributed by atoms with Gasteiger partial charge in [0.2, 0.25) is 0 Å². The second-order valence-corrected chi connectivity index (χ2v) is 4.23. The van der Waals surface area contributed by atoms with Crippen molar-refractivity contribution in [2.45, 2.75) is 25.7 Å². The van der Waals surface area contributed by atoms with Crippen molar-refractivity contribution in [3.63, 3.8) is 0 Å². The highest BCUT2D eigenvalue weighted by Crippen LogP contribution is 2.33. The summed E-state index contributed by atoms with van der Waals surface area (Å²) in [6.07, 6.45) is -4.68. The van der Waals surface area contributed by atoms with Gasteiger partial charge in [-0.15, -0.1) is 0 Å². The SMILES string of the molecule is CC(C(=O)O)N(C)Cc1ccc(F)cc1C(F)(F)F. The van der Waals surface area contributed by atoms with Crippen LogP contribution in [0.2, 0.25) is 0 Å². The molecule has 3 nitrogen and oxygen atoms in total. The Balaban J connectivity index is 3.05. The van der Waals surface area contributed by atoms with Crippen LogP contribution in [0.25, 0.3) is 0 Å². The van der Waals surface area contributed by atoms with E-state index < -0.39 is 29.6 Å². The second-order valence-electron chi connectivity index (χ2n) is 4.23. The normalized spacial score (nSPS) is 13.6. The monoisotopic (exact) mass is 279 g/mol. The first-order chi connectivity index (χ1) is 8.62. The van der Waals surface area contributed by atoms with Crippen LogP contribution in [0.15, 0.2) is 18.2 Å². The van der Waals surface area contributed by atoms with Crippen molar-refractivity contribution in [2.24, 2.45) is 0 Å². The summed E-state index contributed by atoms with van der Waals surface area (Å²) < 4.78 is 51.1. The topological polar surface area (TPSA) is 40.5 Å².